The fourth-order valence-electron chi connectivity index (χ4n) is 9.97. The molecule has 0 aliphatic heterocycles. The lowest BCUT2D eigenvalue weighted by Crippen LogP contribution is -2.70. The summed E-state index contributed by atoms with van der Waals surface area (Å²) in [4.78, 5) is 0. The number of rotatable bonds is 3. The van der Waals surface area contributed by atoms with E-state index in [0.717, 1.165) is 6.42 Å². The molecular formula is C35H51P. The maximum Gasteiger partial charge on any atom is 0.0158 e. The first-order chi connectivity index (χ1) is 16.6. The Hall–Kier alpha value is -1.13. The molecule has 4 aliphatic rings. The second-order valence-electron chi connectivity index (χ2n) is 14.8. The van der Waals surface area contributed by atoms with E-state index in [-0.39, 0.29) is 34.7 Å². The van der Waals surface area contributed by atoms with Crippen LogP contribution in [0.4, 0.5) is 0 Å². The average Bonchev–Trinajstić information content (AvgIpc) is 3.16. The van der Waals surface area contributed by atoms with Crippen LogP contribution in [0.1, 0.15) is 107 Å². The largest absolute Gasteiger partial charge is 0.0905 e. The summed E-state index contributed by atoms with van der Waals surface area (Å²) in [5.74, 6) is 0.586. The highest BCUT2D eigenvalue weighted by molar-refractivity contribution is 7.61. The molecule has 0 nitrogen and oxygen atoms in total. The van der Waals surface area contributed by atoms with E-state index in [1.165, 1.54) is 18.4 Å². The van der Waals surface area contributed by atoms with E-state index < -0.39 is 0 Å². The first kappa shape index (κ1) is 26.5. The Morgan fingerprint density at radius 1 is 0.806 bits per heavy atom. The van der Waals surface area contributed by atoms with Gasteiger partial charge in [-0.2, -0.15) is 0 Å². The van der Waals surface area contributed by atoms with Gasteiger partial charge in [-0.1, -0.05) is 127 Å². The van der Waals surface area contributed by atoms with Gasteiger partial charge in [-0.25, -0.2) is 0 Å². The minimum Gasteiger partial charge on any atom is -0.0905 e. The Kier molecular flexibility index (Phi) is 5.84. The number of fused-ring (bicyclic) bond motifs is 6. The van der Waals surface area contributed by atoms with Crippen LogP contribution in [-0.2, 0) is 6.42 Å². The third kappa shape index (κ3) is 2.82. The van der Waals surface area contributed by atoms with Gasteiger partial charge in [0.25, 0.3) is 0 Å². The van der Waals surface area contributed by atoms with Crippen molar-refractivity contribution >= 4 is 13.5 Å². The maximum absolute atomic E-state index is 2.75. The quantitative estimate of drug-likeness (QED) is 0.361. The van der Waals surface area contributed by atoms with Crippen LogP contribution >= 0.6 is 7.92 Å². The molecule has 36 heavy (non-hydrogen) atoms. The maximum atomic E-state index is 2.75. The standard InChI is InChI=1S/C35H51P/c1-22(2)36(23(3)4)35(12)30-27-21-24-17-13-14-18-25(24)29(27)26-19-15-16-20-28(26)34(30,11)32(7,8)31(5,6)33(35,9)10/h13-15,17-19,22-23,28H,16,20-21H2,1-12H3. The Labute approximate surface area is 223 Å². The van der Waals surface area contributed by atoms with E-state index in [1.54, 1.807) is 22.3 Å². The first-order valence-electron chi connectivity index (χ1n) is 14.6. The highest BCUT2D eigenvalue weighted by atomic mass is 31.1. The molecule has 196 valence electrons. The van der Waals surface area contributed by atoms with Gasteiger partial charge in [-0.15, -0.1) is 0 Å². The number of allylic oxidation sites excluding steroid dienone is 6. The van der Waals surface area contributed by atoms with Gasteiger partial charge in [0.2, 0.25) is 0 Å². The molecule has 0 amide bonds. The van der Waals surface area contributed by atoms with Crippen LogP contribution in [-0.4, -0.2) is 16.5 Å². The summed E-state index contributed by atoms with van der Waals surface area (Å²) in [6.45, 7) is 31.5. The van der Waals surface area contributed by atoms with E-state index in [2.05, 4.69) is 120 Å². The summed E-state index contributed by atoms with van der Waals surface area (Å²) in [6.07, 6.45) is 8.61. The van der Waals surface area contributed by atoms with Gasteiger partial charge in [-0.3, -0.25) is 0 Å². The van der Waals surface area contributed by atoms with Crippen molar-refractivity contribution in [2.24, 2.45) is 27.6 Å². The van der Waals surface area contributed by atoms with E-state index in [0.29, 0.717) is 17.2 Å². The van der Waals surface area contributed by atoms with Crippen LogP contribution in [0.2, 0.25) is 0 Å². The monoisotopic (exact) mass is 502 g/mol. The molecule has 1 aromatic rings. The lowest BCUT2D eigenvalue weighted by Gasteiger charge is -2.76. The molecule has 0 saturated heterocycles. The molecule has 1 aromatic carbocycles. The normalized spacial score (nSPS) is 33.7. The van der Waals surface area contributed by atoms with Crippen molar-refractivity contribution in [1.82, 2.24) is 0 Å². The van der Waals surface area contributed by atoms with E-state index >= 15 is 0 Å². The van der Waals surface area contributed by atoms with Crippen LogP contribution in [0.3, 0.4) is 0 Å². The smallest absolute Gasteiger partial charge is 0.0158 e. The summed E-state index contributed by atoms with van der Waals surface area (Å²) < 4.78 is 0. The predicted octanol–water partition coefficient (Wildman–Crippen LogP) is 10.4. The molecule has 0 heterocycles. The molecule has 0 bridgehead atoms. The van der Waals surface area contributed by atoms with E-state index in [9.17, 15) is 0 Å². The van der Waals surface area contributed by atoms with Gasteiger partial charge in [0.15, 0.2) is 0 Å². The van der Waals surface area contributed by atoms with Crippen molar-refractivity contribution < 1.29 is 0 Å². The van der Waals surface area contributed by atoms with Crippen LogP contribution in [0.5, 0.6) is 0 Å². The lowest BCUT2D eigenvalue weighted by atomic mass is 9.32. The summed E-state index contributed by atoms with van der Waals surface area (Å²) >= 11 is 0. The fraction of sp³-hybridized carbons (Fsp3) is 0.657. The third-order valence-corrected chi connectivity index (χ3v) is 16.9. The highest BCUT2D eigenvalue weighted by Crippen LogP contribution is 2.83. The highest BCUT2D eigenvalue weighted by Gasteiger charge is 2.74. The molecule has 1 fully saturated rings. The van der Waals surface area contributed by atoms with Gasteiger partial charge < -0.3 is 0 Å². The zero-order valence-electron chi connectivity index (χ0n) is 25.3. The van der Waals surface area contributed by atoms with Gasteiger partial charge in [0.1, 0.15) is 0 Å². The van der Waals surface area contributed by atoms with E-state index in [4.69, 9.17) is 0 Å². The molecule has 1 heteroatoms. The van der Waals surface area contributed by atoms with Gasteiger partial charge >= 0.3 is 0 Å². The lowest BCUT2D eigenvalue weighted by molar-refractivity contribution is -0.152. The van der Waals surface area contributed by atoms with Gasteiger partial charge in [0.05, 0.1) is 0 Å². The fourth-order valence-corrected chi connectivity index (χ4v) is 14.8. The number of benzene rings is 1. The zero-order chi connectivity index (χ0) is 26.6. The second-order valence-corrected chi connectivity index (χ2v) is 18.6. The Morgan fingerprint density at radius 3 is 2.03 bits per heavy atom. The summed E-state index contributed by atoms with van der Waals surface area (Å²) in [6, 6.07) is 9.34. The number of hydrogen-bond acceptors (Lipinski definition) is 0. The third-order valence-electron chi connectivity index (χ3n) is 12.8. The Morgan fingerprint density at radius 2 is 1.42 bits per heavy atom. The molecule has 5 rings (SSSR count). The van der Waals surface area contributed by atoms with Crippen molar-refractivity contribution in [2.45, 2.75) is 119 Å². The number of hydrogen-bond donors (Lipinski definition) is 0. The second kappa shape index (κ2) is 7.94. The van der Waals surface area contributed by atoms with E-state index in [1.807, 2.05) is 5.57 Å². The van der Waals surface area contributed by atoms with Crippen LogP contribution in [0.15, 0.2) is 53.1 Å². The molecule has 4 aliphatic carbocycles. The Balaban J connectivity index is 1.99. The molecule has 0 N–H and O–H groups in total. The predicted molar refractivity (Wildman–Crippen MR) is 161 cm³/mol. The minimum atomic E-state index is -0.265. The molecule has 1 saturated carbocycles. The average molecular weight is 503 g/mol. The van der Waals surface area contributed by atoms with Crippen molar-refractivity contribution in [1.29, 1.82) is 0 Å². The first-order valence-corrected chi connectivity index (χ1v) is 16.1. The van der Waals surface area contributed by atoms with Gasteiger partial charge in [0, 0.05) is 10.6 Å². The summed E-state index contributed by atoms with van der Waals surface area (Å²) in [5.41, 5.74) is 11.9. The zero-order valence-corrected chi connectivity index (χ0v) is 26.2. The molecule has 0 aromatic heterocycles. The molecule has 3 atom stereocenters. The van der Waals surface area contributed by atoms with Crippen molar-refractivity contribution in [3.05, 3.63) is 64.3 Å². The Bertz CT molecular complexity index is 1170. The summed E-state index contributed by atoms with van der Waals surface area (Å²) in [7, 11) is -0.265. The minimum absolute atomic E-state index is 0.131. The molecule has 0 spiro atoms. The molecular weight excluding hydrogens is 451 g/mol. The summed E-state index contributed by atoms with van der Waals surface area (Å²) in [5, 5.41) is 0.160. The SMILES string of the molecule is CC(C)P(C(C)C)C1(C)C2=C3Cc4ccccc4C3=C3C=CCCC3C2(C)C(C)(C)C(C)(C)C1(C)C. The van der Waals surface area contributed by atoms with Crippen molar-refractivity contribution in [3.8, 4) is 0 Å². The van der Waals surface area contributed by atoms with Gasteiger partial charge in [-0.05, 0) is 86.2 Å². The van der Waals surface area contributed by atoms with Crippen molar-refractivity contribution in [3.63, 3.8) is 0 Å². The van der Waals surface area contributed by atoms with Crippen molar-refractivity contribution in [2.75, 3.05) is 0 Å². The van der Waals surface area contributed by atoms with Crippen LogP contribution in [0, 0.1) is 27.6 Å². The topological polar surface area (TPSA) is 0 Å². The molecule has 0 radical (unpaired) electrons. The van der Waals surface area contributed by atoms with Crippen LogP contribution in [0.25, 0.3) is 5.57 Å². The van der Waals surface area contributed by atoms with Crippen LogP contribution < -0.4 is 0 Å². The molecule has 3 unspecified atom stereocenters.